The summed E-state index contributed by atoms with van der Waals surface area (Å²) in [4.78, 5) is 34.4. The van der Waals surface area contributed by atoms with Crippen LogP contribution in [0.2, 0.25) is 0 Å². The van der Waals surface area contributed by atoms with Gasteiger partial charge < -0.3 is 20.9 Å². The van der Waals surface area contributed by atoms with E-state index in [-0.39, 0.29) is 22.4 Å². The number of benzene rings is 2. The highest BCUT2D eigenvalue weighted by Gasteiger charge is 2.15. The summed E-state index contributed by atoms with van der Waals surface area (Å²) in [7, 11) is 1.40. The van der Waals surface area contributed by atoms with E-state index in [4.69, 9.17) is 15.6 Å². The average Bonchev–Trinajstić information content (AvgIpc) is 2.54. The van der Waals surface area contributed by atoms with E-state index in [1.165, 1.54) is 49.6 Å². The van der Waals surface area contributed by atoms with Gasteiger partial charge in [0.1, 0.15) is 5.75 Å². The summed E-state index contributed by atoms with van der Waals surface area (Å²) in [5.74, 6) is -1.94. The number of nitrogens with two attached hydrogens (primary N) is 1. The van der Waals surface area contributed by atoms with Gasteiger partial charge >= 0.3 is 5.97 Å². The number of rotatable bonds is 5. The lowest BCUT2D eigenvalue weighted by Gasteiger charge is -2.10. The van der Waals surface area contributed by atoms with Crippen LogP contribution in [0.15, 0.2) is 42.5 Å². The number of aromatic carboxylic acids is 1. The summed E-state index contributed by atoms with van der Waals surface area (Å²) in [6.45, 7) is 0. The molecule has 23 heavy (non-hydrogen) atoms. The van der Waals surface area contributed by atoms with E-state index in [1.807, 2.05) is 0 Å². The molecular formula is C16H14N2O5. The van der Waals surface area contributed by atoms with Crippen LogP contribution in [-0.2, 0) is 0 Å². The van der Waals surface area contributed by atoms with Gasteiger partial charge in [0.15, 0.2) is 0 Å². The zero-order valence-electron chi connectivity index (χ0n) is 12.2. The Morgan fingerprint density at radius 2 is 1.65 bits per heavy atom. The van der Waals surface area contributed by atoms with Crippen LogP contribution in [0.1, 0.15) is 31.1 Å². The molecule has 0 aliphatic rings. The zero-order chi connectivity index (χ0) is 17.0. The Kier molecular flexibility index (Phi) is 4.61. The van der Waals surface area contributed by atoms with Crippen molar-refractivity contribution in [2.24, 2.45) is 5.73 Å². The van der Waals surface area contributed by atoms with Crippen LogP contribution < -0.4 is 15.8 Å². The van der Waals surface area contributed by atoms with Gasteiger partial charge in [0.25, 0.3) is 5.91 Å². The number of amides is 2. The molecule has 0 aliphatic carbocycles. The topological polar surface area (TPSA) is 119 Å². The number of carbonyl (C=O) groups excluding carboxylic acids is 2. The number of hydrogen-bond donors (Lipinski definition) is 3. The maximum Gasteiger partial charge on any atom is 0.335 e. The van der Waals surface area contributed by atoms with Crippen molar-refractivity contribution in [2.45, 2.75) is 0 Å². The molecule has 0 heterocycles. The van der Waals surface area contributed by atoms with Crippen molar-refractivity contribution in [3.05, 3.63) is 59.2 Å². The summed E-state index contributed by atoms with van der Waals surface area (Å²) in [6, 6.07) is 9.94. The number of hydrogen-bond acceptors (Lipinski definition) is 4. The van der Waals surface area contributed by atoms with Crippen LogP contribution in [-0.4, -0.2) is 30.0 Å². The van der Waals surface area contributed by atoms with Crippen LogP contribution in [0.25, 0.3) is 0 Å². The molecule has 118 valence electrons. The summed E-state index contributed by atoms with van der Waals surface area (Å²) in [5, 5.41) is 11.4. The molecule has 2 rings (SSSR count). The van der Waals surface area contributed by atoms with E-state index in [2.05, 4.69) is 5.32 Å². The summed E-state index contributed by atoms with van der Waals surface area (Å²) in [6.07, 6.45) is 0. The van der Waals surface area contributed by atoms with E-state index in [1.54, 1.807) is 0 Å². The molecule has 0 atom stereocenters. The Hall–Kier alpha value is -3.35. The summed E-state index contributed by atoms with van der Waals surface area (Å²) < 4.78 is 5.10. The predicted molar refractivity (Wildman–Crippen MR) is 82.9 cm³/mol. The first-order valence-corrected chi connectivity index (χ1v) is 6.55. The van der Waals surface area contributed by atoms with Gasteiger partial charge in [0.2, 0.25) is 5.91 Å². The van der Waals surface area contributed by atoms with Crippen molar-refractivity contribution in [3.63, 3.8) is 0 Å². The summed E-state index contributed by atoms with van der Waals surface area (Å²) >= 11 is 0. The first kappa shape index (κ1) is 16.0. The molecule has 0 spiro atoms. The Morgan fingerprint density at radius 1 is 1.04 bits per heavy atom. The number of anilines is 1. The Morgan fingerprint density at radius 3 is 2.17 bits per heavy atom. The molecule has 2 aromatic rings. The van der Waals surface area contributed by atoms with Gasteiger partial charge in [-0.25, -0.2) is 4.79 Å². The van der Waals surface area contributed by atoms with Gasteiger partial charge in [-0.05, 0) is 42.5 Å². The van der Waals surface area contributed by atoms with Gasteiger partial charge in [-0.15, -0.1) is 0 Å². The molecule has 2 amide bonds. The second-order valence-corrected chi connectivity index (χ2v) is 4.62. The molecule has 0 aliphatic heterocycles. The summed E-state index contributed by atoms with van der Waals surface area (Å²) in [5.41, 5.74) is 6.04. The van der Waals surface area contributed by atoms with E-state index in [0.717, 1.165) is 0 Å². The quantitative estimate of drug-likeness (QED) is 0.776. The Bertz CT molecular complexity index is 769. The molecule has 2 aromatic carbocycles. The minimum atomic E-state index is -1.06. The molecule has 0 saturated carbocycles. The first-order valence-electron chi connectivity index (χ1n) is 6.55. The molecule has 0 radical (unpaired) electrons. The van der Waals surface area contributed by atoms with Gasteiger partial charge in [0.05, 0.1) is 18.2 Å². The fourth-order valence-corrected chi connectivity index (χ4v) is 1.93. The van der Waals surface area contributed by atoms with Gasteiger partial charge in [0, 0.05) is 11.3 Å². The molecule has 0 unspecified atom stereocenters. The normalized spacial score (nSPS) is 9.96. The first-order chi connectivity index (χ1) is 10.9. The standard InChI is InChI=1S/C16H14N2O5/c1-23-13-7-4-10(14(17)19)8-12(13)15(20)18-11-5-2-9(3-6-11)16(21)22/h2-8H,1H3,(H2,17,19)(H,18,20)(H,21,22). The van der Waals surface area contributed by atoms with Crippen LogP contribution >= 0.6 is 0 Å². The van der Waals surface area contributed by atoms with Crippen molar-refractivity contribution in [3.8, 4) is 5.75 Å². The van der Waals surface area contributed by atoms with Crippen LogP contribution in [0.3, 0.4) is 0 Å². The second-order valence-electron chi connectivity index (χ2n) is 4.62. The van der Waals surface area contributed by atoms with Crippen LogP contribution in [0.4, 0.5) is 5.69 Å². The fourth-order valence-electron chi connectivity index (χ4n) is 1.93. The highest BCUT2D eigenvalue weighted by atomic mass is 16.5. The number of carboxylic acid groups (broad SMARTS) is 1. The van der Waals surface area contributed by atoms with E-state index < -0.39 is 17.8 Å². The predicted octanol–water partition coefficient (Wildman–Crippen LogP) is 1.74. The fraction of sp³-hybridized carbons (Fsp3) is 0.0625. The molecular weight excluding hydrogens is 300 g/mol. The van der Waals surface area contributed by atoms with Crippen LogP contribution in [0, 0.1) is 0 Å². The van der Waals surface area contributed by atoms with Crippen molar-refractivity contribution in [1.82, 2.24) is 0 Å². The lowest BCUT2D eigenvalue weighted by Crippen LogP contribution is -2.16. The zero-order valence-corrected chi connectivity index (χ0v) is 12.2. The smallest absolute Gasteiger partial charge is 0.335 e. The SMILES string of the molecule is COc1ccc(C(N)=O)cc1C(=O)Nc1ccc(C(=O)O)cc1. The Balaban J connectivity index is 2.27. The highest BCUT2D eigenvalue weighted by Crippen LogP contribution is 2.21. The molecule has 4 N–H and O–H groups in total. The second kappa shape index (κ2) is 6.61. The molecule has 0 saturated heterocycles. The van der Waals surface area contributed by atoms with E-state index in [9.17, 15) is 14.4 Å². The third-order valence-corrected chi connectivity index (χ3v) is 3.12. The van der Waals surface area contributed by atoms with Crippen molar-refractivity contribution < 1.29 is 24.2 Å². The van der Waals surface area contributed by atoms with Gasteiger partial charge in [-0.2, -0.15) is 0 Å². The maximum absolute atomic E-state index is 12.3. The third kappa shape index (κ3) is 3.65. The molecule has 0 bridgehead atoms. The monoisotopic (exact) mass is 314 g/mol. The van der Waals surface area contributed by atoms with E-state index >= 15 is 0 Å². The number of methoxy groups -OCH3 is 1. The molecule has 0 fully saturated rings. The minimum absolute atomic E-state index is 0.108. The maximum atomic E-state index is 12.3. The largest absolute Gasteiger partial charge is 0.496 e. The van der Waals surface area contributed by atoms with Crippen molar-refractivity contribution >= 4 is 23.5 Å². The average molecular weight is 314 g/mol. The highest BCUT2D eigenvalue weighted by molar-refractivity contribution is 6.08. The van der Waals surface area contributed by atoms with Gasteiger partial charge in [-0.3, -0.25) is 9.59 Å². The Labute approximate surface area is 131 Å². The molecule has 0 aromatic heterocycles. The lowest BCUT2D eigenvalue weighted by molar-refractivity contribution is 0.0696. The third-order valence-electron chi connectivity index (χ3n) is 3.12. The van der Waals surface area contributed by atoms with Crippen molar-refractivity contribution in [1.29, 1.82) is 0 Å². The molecule has 7 heteroatoms. The number of primary amides is 1. The minimum Gasteiger partial charge on any atom is -0.496 e. The molecule has 7 nitrogen and oxygen atoms in total. The van der Waals surface area contributed by atoms with Crippen LogP contribution in [0.5, 0.6) is 5.75 Å². The number of carbonyl (C=O) groups is 3. The van der Waals surface area contributed by atoms with E-state index in [0.29, 0.717) is 5.69 Å². The van der Waals surface area contributed by atoms with Gasteiger partial charge in [-0.1, -0.05) is 0 Å². The number of carboxylic acids is 1. The van der Waals surface area contributed by atoms with Crippen molar-refractivity contribution in [2.75, 3.05) is 12.4 Å². The number of ether oxygens (including phenoxy) is 1. The lowest BCUT2D eigenvalue weighted by atomic mass is 10.1. The number of nitrogens with one attached hydrogen (secondary N) is 1.